The van der Waals surface area contributed by atoms with E-state index in [9.17, 15) is 14.9 Å². The van der Waals surface area contributed by atoms with Crippen LogP contribution in [0.1, 0.15) is 15.9 Å². The minimum atomic E-state index is -0.501. The van der Waals surface area contributed by atoms with Crippen LogP contribution in [0.4, 0.5) is 5.69 Å². The molecule has 0 fully saturated rings. The first-order chi connectivity index (χ1) is 6.56. The molecule has 0 radical (unpaired) electrons. The monoisotopic (exact) mass is 195 g/mol. The molecule has 0 aromatic heterocycles. The highest BCUT2D eigenvalue weighted by atomic mass is 16.6. The Balaban J connectivity index is 3.12. The zero-order chi connectivity index (χ0) is 10.7. The van der Waals surface area contributed by atoms with Crippen molar-refractivity contribution in [3.05, 3.63) is 39.4 Å². The van der Waals surface area contributed by atoms with Crippen LogP contribution in [0.15, 0.2) is 18.2 Å². The smallest absolute Gasteiger partial charge is 0.272 e. The molecule has 0 atom stereocenters. The molecule has 0 bridgehead atoms. The molecule has 0 aliphatic rings. The summed E-state index contributed by atoms with van der Waals surface area (Å²) in [5.74, 6) is 4.45. The molecule has 0 saturated carbocycles. The minimum absolute atomic E-state index is 0.0152. The Morgan fingerprint density at radius 2 is 2.21 bits per heavy atom. The summed E-state index contributed by atoms with van der Waals surface area (Å²) in [5, 5.41) is 10.5. The van der Waals surface area contributed by atoms with Gasteiger partial charge in [0, 0.05) is 17.2 Å². The van der Waals surface area contributed by atoms with Crippen LogP contribution in [0.5, 0.6) is 0 Å². The molecule has 0 saturated heterocycles. The maximum absolute atomic E-state index is 11.0. The normalized spacial score (nSPS) is 9.57. The lowest BCUT2D eigenvalue weighted by atomic mass is 10.1. The van der Waals surface area contributed by atoms with E-state index >= 15 is 0 Å². The Morgan fingerprint density at radius 1 is 1.57 bits per heavy atom. The van der Waals surface area contributed by atoms with Crippen LogP contribution in [0.3, 0.4) is 0 Å². The first-order valence-corrected chi connectivity index (χ1v) is 3.82. The summed E-state index contributed by atoms with van der Waals surface area (Å²) in [7, 11) is 0. The van der Waals surface area contributed by atoms with Crippen molar-refractivity contribution in [2.24, 2.45) is 5.84 Å². The third kappa shape index (κ3) is 1.86. The topological polar surface area (TPSA) is 98.3 Å². The summed E-state index contributed by atoms with van der Waals surface area (Å²) in [6.45, 7) is 1.56. The SMILES string of the molecule is Cc1cc(C(=O)NN)ccc1[N+](=O)[O-]. The lowest BCUT2D eigenvalue weighted by molar-refractivity contribution is -0.385. The number of hydrogen-bond donors (Lipinski definition) is 2. The van der Waals surface area contributed by atoms with Gasteiger partial charge in [0.2, 0.25) is 0 Å². The Morgan fingerprint density at radius 3 is 2.64 bits per heavy atom. The highest BCUT2D eigenvalue weighted by Gasteiger charge is 2.12. The van der Waals surface area contributed by atoms with Gasteiger partial charge >= 0.3 is 0 Å². The van der Waals surface area contributed by atoms with Crippen molar-refractivity contribution in [3.8, 4) is 0 Å². The highest BCUT2D eigenvalue weighted by Crippen LogP contribution is 2.18. The standard InChI is InChI=1S/C8H9N3O3/c1-5-4-6(8(12)10-9)2-3-7(5)11(13)14/h2-4H,9H2,1H3,(H,10,12). The van der Waals surface area contributed by atoms with E-state index in [0.29, 0.717) is 11.1 Å². The van der Waals surface area contributed by atoms with Gasteiger partial charge in [-0.3, -0.25) is 20.3 Å². The van der Waals surface area contributed by atoms with Gasteiger partial charge in [0.05, 0.1) is 4.92 Å². The second kappa shape index (κ2) is 3.84. The van der Waals surface area contributed by atoms with Gasteiger partial charge in [0.15, 0.2) is 0 Å². The number of nitro groups is 1. The molecule has 1 rings (SSSR count). The quantitative estimate of drug-likeness (QED) is 0.311. The zero-order valence-electron chi connectivity index (χ0n) is 7.48. The zero-order valence-corrected chi connectivity index (χ0v) is 7.48. The maximum Gasteiger partial charge on any atom is 0.272 e. The highest BCUT2D eigenvalue weighted by molar-refractivity contribution is 5.94. The fraction of sp³-hybridized carbons (Fsp3) is 0.125. The summed E-state index contributed by atoms with van der Waals surface area (Å²) in [6.07, 6.45) is 0. The Bertz CT molecular complexity index is 389. The predicted octanol–water partition coefficient (Wildman–Crippen LogP) is 0.507. The summed E-state index contributed by atoms with van der Waals surface area (Å²) >= 11 is 0. The third-order valence-electron chi connectivity index (χ3n) is 1.79. The van der Waals surface area contributed by atoms with Gasteiger partial charge in [-0.2, -0.15) is 0 Å². The van der Waals surface area contributed by atoms with Gasteiger partial charge in [-0.15, -0.1) is 0 Å². The number of amides is 1. The molecule has 6 heteroatoms. The summed E-state index contributed by atoms with van der Waals surface area (Å²) in [6, 6.07) is 4.05. The molecule has 0 heterocycles. The number of hydrazine groups is 1. The van der Waals surface area contributed by atoms with Crippen molar-refractivity contribution < 1.29 is 9.72 Å². The van der Waals surface area contributed by atoms with E-state index < -0.39 is 10.8 Å². The molecule has 0 unspecified atom stereocenters. The van der Waals surface area contributed by atoms with E-state index in [-0.39, 0.29) is 5.69 Å². The molecule has 1 aromatic rings. The number of nitrogens with zero attached hydrogens (tertiary/aromatic N) is 1. The first kappa shape index (κ1) is 10.1. The summed E-state index contributed by atoms with van der Waals surface area (Å²) in [4.78, 5) is 21.0. The number of nitrogen functional groups attached to an aromatic ring is 1. The molecule has 74 valence electrons. The Kier molecular flexibility index (Phi) is 2.78. The van der Waals surface area contributed by atoms with Gasteiger partial charge in [-0.1, -0.05) is 0 Å². The van der Waals surface area contributed by atoms with E-state index in [0.717, 1.165) is 0 Å². The minimum Gasteiger partial charge on any atom is -0.290 e. The van der Waals surface area contributed by atoms with Gasteiger partial charge in [-0.25, -0.2) is 5.84 Å². The molecule has 0 spiro atoms. The summed E-state index contributed by atoms with van der Waals surface area (Å²) in [5.41, 5.74) is 2.66. The number of aryl methyl sites for hydroxylation is 1. The van der Waals surface area contributed by atoms with Crippen LogP contribution in [0.25, 0.3) is 0 Å². The van der Waals surface area contributed by atoms with Crippen molar-refractivity contribution in [2.45, 2.75) is 6.92 Å². The van der Waals surface area contributed by atoms with E-state index in [4.69, 9.17) is 5.84 Å². The molecule has 1 aromatic carbocycles. The average Bonchev–Trinajstić information content (AvgIpc) is 2.15. The van der Waals surface area contributed by atoms with Crippen LogP contribution < -0.4 is 11.3 Å². The predicted molar refractivity (Wildman–Crippen MR) is 49.5 cm³/mol. The van der Waals surface area contributed by atoms with E-state index in [1.165, 1.54) is 18.2 Å². The van der Waals surface area contributed by atoms with Crippen LogP contribution in [-0.4, -0.2) is 10.8 Å². The Labute approximate surface area is 79.8 Å². The van der Waals surface area contributed by atoms with Crippen LogP contribution in [0.2, 0.25) is 0 Å². The molecule has 0 aliphatic heterocycles. The lowest BCUT2D eigenvalue weighted by Crippen LogP contribution is -2.29. The number of carbonyl (C=O) groups is 1. The van der Waals surface area contributed by atoms with Gasteiger partial charge in [0.25, 0.3) is 11.6 Å². The lowest BCUT2D eigenvalue weighted by Gasteiger charge is -2.01. The number of nitrogens with two attached hydrogens (primary N) is 1. The molecule has 6 nitrogen and oxygen atoms in total. The fourth-order valence-electron chi connectivity index (χ4n) is 1.08. The number of hydrogen-bond acceptors (Lipinski definition) is 4. The van der Waals surface area contributed by atoms with Crippen LogP contribution in [-0.2, 0) is 0 Å². The van der Waals surface area contributed by atoms with Crippen LogP contribution in [0, 0.1) is 17.0 Å². The van der Waals surface area contributed by atoms with E-state index in [2.05, 4.69) is 0 Å². The van der Waals surface area contributed by atoms with Gasteiger partial charge < -0.3 is 0 Å². The van der Waals surface area contributed by atoms with Gasteiger partial charge in [0.1, 0.15) is 0 Å². The molecule has 14 heavy (non-hydrogen) atoms. The number of benzene rings is 1. The number of rotatable bonds is 2. The molecule has 3 N–H and O–H groups in total. The third-order valence-corrected chi connectivity index (χ3v) is 1.79. The molecular weight excluding hydrogens is 186 g/mol. The second-order valence-electron chi connectivity index (χ2n) is 2.73. The molecule has 0 aliphatic carbocycles. The molecule has 1 amide bonds. The Hall–Kier alpha value is -1.95. The first-order valence-electron chi connectivity index (χ1n) is 3.82. The fourth-order valence-corrected chi connectivity index (χ4v) is 1.08. The number of nitrogens with one attached hydrogen (secondary N) is 1. The van der Waals surface area contributed by atoms with Crippen molar-refractivity contribution >= 4 is 11.6 Å². The number of nitro benzene ring substituents is 1. The van der Waals surface area contributed by atoms with Crippen LogP contribution >= 0.6 is 0 Å². The average molecular weight is 195 g/mol. The summed E-state index contributed by atoms with van der Waals surface area (Å²) < 4.78 is 0. The van der Waals surface area contributed by atoms with Crippen molar-refractivity contribution in [1.29, 1.82) is 0 Å². The second-order valence-corrected chi connectivity index (χ2v) is 2.73. The van der Waals surface area contributed by atoms with Crippen molar-refractivity contribution in [2.75, 3.05) is 0 Å². The van der Waals surface area contributed by atoms with Crippen molar-refractivity contribution in [3.63, 3.8) is 0 Å². The maximum atomic E-state index is 11.0. The van der Waals surface area contributed by atoms with Crippen molar-refractivity contribution in [1.82, 2.24) is 5.43 Å². The number of carbonyl (C=O) groups excluding carboxylic acids is 1. The van der Waals surface area contributed by atoms with E-state index in [1.807, 2.05) is 5.43 Å². The molecular formula is C8H9N3O3. The van der Waals surface area contributed by atoms with Gasteiger partial charge in [-0.05, 0) is 19.1 Å². The van der Waals surface area contributed by atoms with E-state index in [1.54, 1.807) is 6.92 Å². The largest absolute Gasteiger partial charge is 0.290 e.